The van der Waals surface area contributed by atoms with Crippen LogP contribution in [0.4, 0.5) is 0 Å². The fourth-order valence-corrected chi connectivity index (χ4v) is 4.26. The van der Waals surface area contributed by atoms with Gasteiger partial charge in [0.15, 0.2) is 0 Å². The quantitative estimate of drug-likeness (QED) is 0.797. The highest BCUT2D eigenvalue weighted by molar-refractivity contribution is 5.81. The lowest BCUT2D eigenvalue weighted by molar-refractivity contribution is -0.135. The number of carbonyl (C=O) groups is 1. The first-order valence-electron chi connectivity index (χ1n) is 10.4. The number of hydrogen-bond acceptors (Lipinski definition) is 4. The summed E-state index contributed by atoms with van der Waals surface area (Å²) in [6.07, 6.45) is 3.81. The van der Waals surface area contributed by atoms with Crippen LogP contribution in [0, 0.1) is 0 Å². The molecule has 6 nitrogen and oxygen atoms in total. The number of amides is 1. The molecular weight excluding hydrogens is 352 g/mol. The molecule has 0 radical (unpaired) electrons. The molecule has 3 heterocycles. The highest BCUT2D eigenvalue weighted by atomic mass is 16.5. The topological polar surface area (TPSA) is 51.8 Å². The Bertz CT molecular complexity index is 810. The van der Waals surface area contributed by atoms with Gasteiger partial charge in [0.05, 0.1) is 6.10 Å². The third-order valence-electron chi connectivity index (χ3n) is 5.91. The Balaban J connectivity index is 1.31. The predicted octanol–water partition coefficient (Wildman–Crippen LogP) is 2.44. The van der Waals surface area contributed by atoms with Gasteiger partial charge in [-0.05, 0) is 56.1 Å². The molecule has 0 unspecified atom stereocenters. The molecule has 0 aliphatic carbocycles. The average molecular weight is 385 g/mol. The summed E-state index contributed by atoms with van der Waals surface area (Å²) in [4.78, 5) is 21.8. The Morgan fingerprint density at radius 3 is 2.75 bits per heavy atom. The van der Waals surface area contributed by atoms with Gasteiger partial charge in [-0.2, -0.15) is 0 Å². The minimum absolute atomic E-state index is 0.0288. The number of likely N-dealkylation sites (tertiary alicyclic amines) is 2. The number of benzene rings is 1. The summed E-state index contributed by atoms with van der Waals surface area (Å²) >= 11 is 0. The highest BCUT2D eigenvalue weighted by Crippen LogP contribution is 2.22. The first-order valence-corrected chi connectivity index (χ1v) is 10.4. The van der Waals surface area contributed by atoms with Crippen molar-refractivity contribution in [3.8, 4) is 0 Å². The van der Waals surface area contributed by atoms with Gasteiger partial charge in [-0.3, -0.25) is 14.6 Å². The van der Waals surface area contributed by atoms with E-state index >= 15 is 0 Å². The number of nitrogens with zero attached hydrogens (tertiary/aromatic N) is 3. The minimum Gasteiger partial charge on any atom is -0.367 e. The Kier molecular flexibility index (Phi) is 5.99. The molecule has 28 heavy (non-hydrogen) atoms. The van der Waals surface area contributed by atoms with E-state index in [9.17, 15) is 4.79 Å². The number of H-pyrrole nitrogens is 1. The zero-order chi connectivity index (χ0) is 19.5. The molecule has 0 saturated carbocycles. The van der Waals surface area contributed by atoms with Crippen LogP contribution in [-0.2, 0) is 22.6 Å². The molecule has 2 aliphatic heterocycles. The third kappa shape index (κ3) is 4.74. The summed E-state index contributed by atoms with van der Waals surface area (Å²) in [5.74, 6) is 0.0288. The van der Waals surface area contributed by atoms with Gasteiger partial charge < -0.3 is 14.6 Å². The van der Waals surface area contributed by atoms with Gasteiger partial charge in [0.2, 0.25) is 5.91 Å². The van der Waals surface area contributed by atoms with Gasteiger partial charge in [0.25, 0.3) is 0 Å². The van der Waals surface area contributed by atoms with Crippen LogP contribution in [0.2, 0.25) is 0 Å². The van der Waals surface area contributed by atoms with Crippen LogP contribution < -0.4 is 0 Å². The zero-order valence-corrected chi connectivity index (χ0v) is 17.1. The van der Waals surface area contributed by atoms with Crippen LogP contribution in [0.15, 0.2) is 24.3 Å². The molecule has 6 heteroatoms. The van der Waals surface area contributed by atoms with E-state index in [4.69, 9.17) is 4.74 Å². The number of rotatable bonds is 7. The van der Waals surface area contributed by atoms with Gasteiger partial charge in [-0.25, -0.2) is 0 Å². The summed E-state index contributed by atoms with van der Waals surface area (Å²) in [7, 11) is 3.53. The first kappa shape index (κ1) is 19.4. The highest BCUT2D eigenvalue weighted by Gasteiger charge is 2.24. The number of fused-ring (bicyclic) bond motifs is 1. The number of likely N-dealkylation sites (N-methyl/N-ethyl adjacent to an activating group) is 1. The van der Waals surface area contributed by atoms with Crippen LogP contribution in [0.25, 0.3) is 10.9 Å². The van der Waals surface area contributed by atoms with Crippen LogP contribution in [0.3, 0.4) is 0 Å². The summed E-state index contributed by atoms with van der Waals surface area (Å²) in [5, 5.41) is 1.30. The number of hydrogen-bond donors (Lipinski definition) is 1. The van der Waals surface area contributed by atoms with Crippen LogP contribution in [0.1, 0.15) is 30.5 Å². The number of carbonyl (C=O) groups excluding carboxylic acids is 1. The molecular formula is C22H32N4O2. The monoisotopic (exact) mass is 384 g/mol. The van der Waals surface area contributed by atoms with E-state index in [1.54, 1.807) is 19.0 Å². The lowest BCUT2D eigenvalue weighted by Gasteiger charge is -2.17. The smallest absolute Gasteiger partial charge is 0.248 e. The van der Waals surface area contributed by atoms with Crippen molar-refractivity contribution in [3.63, 3.8) is 0 Å². The Morgan fingerprint density at radius 2 is 1.96 bits per heavy atom. The molecule has 2 aliphatic rings. The SMILES string of the molecule is CN(C)C(=O)CO[C@@H]1CCN(Cc2ccc3[nH]c(CN4CCCC4)cc3c2)C1. The maximum Gasteiger partial charge on any atom is 0.248 e. The van der Waals surface area contributed by atoms with Gasteiger partial charge in [-0.1, -0.05) is 6.07 Å². The van der Waals surface area contributed by atoms with Gasteiger partial charge in [0.1, 0.15) is 6.61 Å². The van der Waals surface area contributed by atoms with E-state index in [0.29, 0.717) is 0 Å². The van der Waals surface area contributed by atoms with Crippen molar-refractivity contribution in [1.82, 2.24) is 19.7 Å². The zero-order valence-electron chi connectivity index (χ0n) is 17.1. The molecule has 2 fully saturated rings. The second-order valence-electron chi connectivity index (χ2n) is 8.44. The molecule has 1 aromatic carbocycles. The molecule has 152 valence electrons. The lowest BCUT2D eigenvalue weighted by Crippen LogP contribution is -2.30. The van der Waals surface area contributed by atoms with E-state index in [1.807, 2.05) is 0 Å². The Labute approximate surface area is 167 Å². The number of aromatic amines is 1. The maximum absolute atomic E-state index is 11.7. The van der Waals surface area contributed by atoms with E-state index in [2.05, 4.69) is 39.0 Å². The van der Waals surface area contributed by atoms with Crippen molar-refractivity contribution >= 4 is 16.8 Å². The van der Waals surface area contributed by atoms with Crippen molar-refractivity contribution in [2.24, 2.45) is 0 Å². The van der Waals surface area contributed by atoms with E-state index in [-0.39, 0.29) is 18.6 Å². The molecule has 0 bridgehead atoms. The van der Waals surface area contributed by atoms with Gasteiger partial charge in [0, 0.05) is 56.9 Å². The number of aromatic nitrogens is 1. The third-order valence-corrected chi connectivity index (χ3v) is 5.91. The van der Waals surface area contributed by atoms with Crippen molar-refractivity contribution in [2.75, 3.05) is 46.9 Å². The minimum atomic E-state index is 0.0288. The second kappa shape index (κ2) is 8.64. The fourth-order valence-electron chi connectivity index (χ4n) is 4.26. The van der Waals surface area contributed by atoms with Crippen LogP contribution >= 0.6 is 0 Å². The van der Waals surface area contributed by atoms with Gasteiger partial charge >= 0.3 is 0 Å². The fraction of sp³-hybridized carbons (Fsp3) is 0.591. The molecule has 1 atom stereocenters. The molecule has 2 saturated heterocycles. The number of ether oxygens (including phenoxy) is 1. The van der Waals surface area contributed by atoms with Crippen LogP contribution in [0.5, 0.6) is 0 Å². The van der Waals surface area contributed by atoms with Crippen molar-refractivity contribution < 1.29 is 9.53 Å². The van der Waals surface area contributed by atoms with Crippen molar-refractivity contribution in [1.29, 1.82) is 0 Å². The molecule has 2 aromatic rings. The first-order chi connectivity index (χ1) is 13.6. The predicted molar refractivity (Wildman–Crippen MR) is 111 cm³/mol. The van der Waals surface area contributed by atoms with Crippen molar-refractivity contribution in [2.45, 2.75) is 38.5 Å². The Hall–Kier alpha value is -1.89. The standard InChI is InChI=1S/C22H32N4O2/c1-24(2)22(27)16-28-20-7-10-26(15-20)13-17-5-6-21-18(11-17)12-19(23-21)14-25-8-3-4-9-25/h5-6,11-12,20,23H,3-4,7-10,13-16H2,1-2H3/t20-/m1/s1. The van der Waals surface area contributed by atoms with Crippen molar-refractivity contribution in [3.05, 3.63) is 35.5 Å². The molecule has 1 aromatic heterocycles. The molecule has 4 rings (SSSR count). The van der Waals surface area contributed by atoms with Crippen LogP contribution in [-0.4, -0.2) is 78.6 Å². The lowest BCUT2D eigenvalue weighted by atomic mass is 10.1. The Morgan fingerprint density at radius 1 is 1.14 bits per heavy atom. The summed E-state index contributed by atoms with van der Waals surface area (Å²) < 4.78 is 5.79. The summed E-state index contributed by atoms with van der Waals surface area (Å²) in [6.45, 7) is 6.50. The van der Waals surface area contributed by atoms with Gasteiger partial charge in [-0.15, -0.1) is 0 Å². The summed E-state index contributed by atoms with van der Waals surface area (Å²) in [6, 6.07) is 9.04. The molecule has 0 spiro atoms. The molecule has 1 amide bonds. The maximum atomic E-state index is 11.7. The largest absolute Gasteiger partial charge is 0.367 e. The van der Waals surface area contributed by atoms with E-state index < -0.39 is 0 Å². The average Bonchev–Trinajstić information content (AvgIpc) is 3.40. The second-order valence-corrected chi connectivity index (χ2v) is 8.44. The molecule has 1 N–H and O–H groups in total. The van der Waals surface area contributed by atoms with E-state index in [1.165, 1.54) is 48.1 Å². The van der Waals surface area contributed by atoms with E-state index in [0.717, 1.165) is 32.6 Å². The number of nitrogens with one attached hydrogen (secondary N) is 1. The summed E-state index contributed by atoms with van der Waals surface area (Å²) in [5.41, 5.74) is 3.88. The normalized spacial score (nSPS) is 21.0.